The van der Waals surface area contributed by atoms with E-state index in [1.165, 1.54) is 57.5 Å². The molecule has 150 valence electrons. The van der Waals surface area contributed by atoms with Gasteiger partial charge in [-0.05, 0) is 51.4 Å². The predicted molar refractivity (Wildman–Crippen MR) is 117 cm³/mol. The Balaban J connectivity index is 3.64. The summed E-state index contributed by atoms with van der Waals surface area (Å²) in [7, 11) is -0.574. The average Bonchev–Trinajstić information content (AvgIpc) is 2.55. The molecule has 0 N–H and O–H groups in total. The zero-order valence-corrected chi connectivity index (χ0v) is 18.8. The summed E-state index contributed by atoms with van der Waals surface area (Å²) in [5.41, 5.74) is 0. The van der Waals surface area contributed by atoms with E-state index >= 15 is 0 Å². The summed E-state index contributed by atoms with van der Waals surface area (Å²) in [5, 5.41) is 0. The number of rotatable bonds is 18. The van der Waals surface area contributed by atoms with Crippen LogP contribution in [0, 0.1) is 0 Å². The number of allylic oxidation sites excluding steroid dienone is 2. The Morgan fingerprint density at radius 2 is 1.28 bits per heavy atom. The van der Waals surface area contributed by atoms with Crippen LogP contribution in [0.15, 0.2) is 12.2 Å². The fraction of sp³-hybridized carbons (Fsp3) is 0.909. The second-order valence-electron chi connectivity index (χ2n) is 8.14. The van der Waals surface area contributed by atoms with Gasteiger partial charge in [0.2, 0.25) is 0 Å². The molecule has 0 aromatic rings. The van der Waals surface area contributed by atoms with E-state index in [1.807, 2.05) is 0 Å². The Kier molecular flexibility index (Phi) is 17.6. The molecule has 0 spiro atoms. The van der Waals surface area contributed by atoms with E-state index in [1.54, 1.807) is 0 Å². The lowest BCUT2D eigenvalue weighted by Crippen LogP contribution is -2.18. The molecule has 0 atom stereocenters. The van der Waals surface area contributed by atoms with Crippen molar-refractivity contribution in [1.29, 1.82) is 0 Å². The third-order valence-electron chi connectivity index (χ3n) is 4.28. The van der Waals surface area contributed by atoms with Gasteiger partial charge in [-0.2, -0.15) is 0 Å². The Hall–Kier alpha value is 0.0900. The van der Waals surface area contributed by atoms with Gasteiger partial charge in [-0.1, -0.05) is 45.3 Å². The van der Waals surface area contributed by atoms with Crippen LogP contribution in [0.25, 0.3) is 0 Å². The minimum absolute atomic E-state index is 0.0226. The maximum absolute atomic E-state index is 5.89. The van der Waals surface area contributed by atoms with E-state index in [9.17, 15) is 0 Å². The number of ether oxygens (including phenoxy) is 2. The third-order valence-corrected chi connectivity index (χ3v) is 5.94. The van der Waals surface area contributed by atoms with Gasteiger partial charge in [0.25, 0.3) is 0 Å². The van der Waals surface area contributed by atoms with Crippen LogP contribution in [0.4, 0.5) is 0 Å². The molecule has 3 heteroatoms. The van der Waals surface area contributed by atoms with Crippen molar-refractivity contribution < 1.29 is 9.47 Å². The van der Waals surface area contributed by atoms with E-state index in [0.717, 1.165) is 32.5 Å². The minimum atomic E-state index is -0.574. The molecule has 0 amide bonds. The van der Waals surface area contributed by atoms with Crippen molar-refractivity contribution in [1.82, 2.24) is 0 Å². The molecule has 0 radical (unpaired) electrons. The normalized spacial score (nSPS) is 12.6. The maximum Gasteiger partial charge on any atom is 0.157 e. The van der Waals surface area contributed by atoms with Crippen LogP contribution in [-0.4, -0.2) is 45.7 Å². The van der Waals surface area contributed by atoms with Gasteiger partial charge in [0, 0.05) is 40.5 Å². The van der Waals surface area contributed by atoms with E-state index in [-0.39, 0.29) is 6.29 Å². The highest BCUT2D eigenvalue weighted by Crippen LogP contribution is 2.47. The number of hydrogen-bond donors (Lipinski definition) is 0. The zero-order chi connectivity index (χ0) is 18.8. The van der Waals surface area contributed by atoms with Gasteiger partial charge in [-0.25, -0.2) is 0 Å². The summed E-state index contributed by atoms with van der Waals surface area (Å²) in [6.07, 6.45) is 19.5. The van der Waals surface area contributed by atoms with Crippen molar-refractivity contribution in [2.45, 2.75) is 90.8 Å². The lowest BCUT2D eigenvalue weighted by molar-refractivity contribution is -0.147. The van der Waals surface area contributed by atoms with Gasteiger partial charge >= 0.3 is 0 Å². The standard InChI is InChI=1S/C22H46O2P/c1-6-8-19-23-22(24-20-9-7-2)18-16-14-12-10-11-13-15-17-21-25(3,4)5/h11,13,22H,6-10,12,14-21H2,1-5H3/q+1/b13-11+. The summed E-state index contributed by atoms with van der Waals surface area (Å²) in [5.74, 6) is 0. The van der Waals surface area contributed by atoms with Crippen molar-refractivity contribution >= 4 is 7.26 Å². The third kappa shape index (κ3) is 20.3. The lowest BCUT2D eigenvalue weighted by Gasteiger charge is -2.18. The summed E-state index contributed by atoms with van der Waals surface area (Å²) in [6, 6.07) is 0. The Morgan fingerprint density at radius 3 is 1.80 bits per heavy atom. The topological polar surface area (TPSA) is 18.5 Å². The van der Waals surface area contributed by atoms with Crippen LogP contribution in [-0.2, 0) is 9.47 Å². The molecule has 0 saturated carbocycles. The molecule has 0 aliphatic rings. The summed E-state index contributed by atoms with van der Waals surface area (Å²) in [4.78, 5) is 0. The summed E-state index contributed by atoms with van der Waals surface area (Å²) < 4.78 is 11.8. The fourth-order valence-electron chi connectivity index (χ4n) is 2.60. The van der Waals surface area contributed by atoms with Crippen molar-refractivity contribution in [2.75, 3.05) is 39.4 Å². The zero-order valence-electron chi connectivity index (χ0n) is 17.9. The molecule has 0 aliphatic carbocycles. The predicted octanol–water partition coefficient (Wildman–Crippen LogP) is 7.14. The summed E-state index contributed by atoms with van der Waals surface area (Å²) >= 11 is 0. The Bertz CT molecular complexity index is 287. The van der Waals surface area contributed by atoms with Crippen molar-refractivity contribution in [2.24, 2.45) is 0 Å². The monoisotopic (exact) mass is 373 g/mol. The van der Waals surface area contributed by atoms with Gasteiger partial charge < -0.3 is 9.47 Å². The van der Waals surface area contributed by atoms with Crippen molar-refractivity contribution in [3.63, 3.8) is 0 Å². The molecule has 0 aliphatic heterocycles. The number of hydrogen-bond acceptors (Lipinski definition) is 2. The molecule has 0 saturated heterocycles. The van der Waals surface area contributed by atoms with E-state index in [0.29, 0.717) is 0 Å². The highest BCUT2D eigenvalue weighted by Gasteiger charge is 2.14. The smallest absolute Gasteiger partial charge is 0.157 e. The first-order valence-corrected chi connectivity index (χ1v) is 14.0. The Labute approximate surface area is 159 Å². The second kappa shape index (κ2) is 17.5. The van der Waals surface area contributed by atoms with Crippen LogP contribution in [0.2, 0.25) is 0 Å². The van der Waals surface area contributed by atoms with Gasteiger partial charge in [0.1, 0.15) is 0 Å². The SMILES string of the molecule is CCCCOC(CCCCC/C=C/CCC[P+](C)(C)C)OCCCC. The van der Waals surface area contributed by atoms with Crippen LogP contribution in [0.1, 0.15) is 84.5 Å². The molecular formula is C22H46O2P+. The van der Waals surface area contributed by atoms with E-state index in [2.05, 4.69) is 46.0 Å². The van der Waals surface area contributed by atoms with Crippen LogP contribution in [0.3, 0.4) is 0 Å². The van der Waals surface area contributed by atoms with Crippen molar-refractivity contribution in [3.8, 4) is 0 Å². The van der Waals surface area contributed by atoms with Crippen LogP contribution >= 0.6 is 7.26 Å². The van der Waals surface area contributed by atoms with Gasteiger partial charge in [0.15, 0.2) is 6.29 Å². The number of unbranched alkanes of at least 4 members (excludes halogenated alkanes) is 6. The molecule has 0 bridgehead atoms. The molecule has 25 heavy (non-hydrogen) atoms. The van der Waals surface area contributed by atoms with Crippen LogP contribution < -0.4 is 0 Å². The van der Waals surface area contributed by atoms with Gasteiger partial charge in [-0.15, -0.1) is 0 Å². The largest absolute Gasteiger partial charge is 0.353 e. The lowest BCUT2D eigenvalue weighted by atomic mass is 10.1. The molecular weight excluding hydrogens is 327 g/mol. The minimum Gasteiger partial charge on any atom is -0.353 e. The fourth-order valence-corrected chi connectivity index (χ4v) is 3.73. The maximum atomic E-state index is 5.89. The second-order valence-corrected chi connectivity index (χ2v) is 13.2. The highest BCUT2D eigenvalue weighted by molar-refractivity contribution is 7.73. The summed E-state index contributed by atoms with van der Waals surface area (Å²) in [6.45, 7) is 13.4. The molecule has 0 aromatic heterocycles. The highest BCUT2D eigenvalue weighted by atomic mass is 31.2. The van der Waals surface area contributed by atoms with Crippen molar-refractivity contribution in [3.05, 3.63) is 12.2 Å². The van der Waals surface area contributed by atoms with Gasteiger partial charge in [0.05, 0.1) is 6.16 Å². The molecule has 0 fully saturated rings. The molecule has 2 nitrogen and oxygen atoms in total. The van der Waals surface area contributed by atoms with E-state index < -0.39 is 7.26 Å². The van der Waals surface area contributed by atoms with Crippen LogP contribution in [0.5, 0.6) is 0 Å². The molecule has 0 aromatic carbocycles. The van der Waals surface area contributed by atoms with Gasteiger partial charge in [-0.3, -0.25) is 0 Å². The quantitative estimate of drug-likeness (QED) is 0.110. The Morgan fingerprint density at radius 1 is 0.720 bits per heavy atom. The average molecular weight is 374 g/mol. The first-order valence-electron chi connectivity index (χ1n) is 10.7. The molecule has 0 heterocycles. The first-order chi connectivity index (χ1) is 12.0. The molecule has 0 unspecified atom stereocenters. The molecule has 0 rings (SSSR count). The van der Waals surface area contributed by atoms with E-state index in [4.69, 9.17) is 9.47 Å². The first kappa shape index (κ1) is 25.1.